The number of morpholine rings is 1. The van der Waals surface area contributed by atoms with E-state index in [4.69, 9.17) is 4.74 Å². The molecular formula is C20H19N3O3. The van der Waals surface area contributed by atoms with Crippen molar-refractivity contribution in [1.82, 2.24) is 4.98 Å². The van der Waals surface area contributed by atoms with Gasteiger partial charge in [-0.05, 0) is 29.8 Å². The molecule has 4 rings (SSSR count). The second-order valence-electron chi connectivity index (χ2n) is 6.23. The molecule has 0 unspecified atom stereocenters. The highest BCUT2D eigenvalue weighted by atomic mass is 16.5. The molecule has 1 saturated heterocycles. The predicted molar refractivity (Wildman–Crippen MR) is 101 cm³/mol. The third kappa shape index (κ3) is 3.11. The molecule has 6 heteroatoms. The summed E-state index contributed by atoms with van der Waals surface area (Å²) < 4.78 is 5.37. The zero-order chi connectivity index (χ0) is 17.9. The van der Waals surface area contributed by atoms with Crippen molar-refractivity contribution in [3.63, 3.8) is 0 Å². The van der Waals surface area contributed by atoms with E-state index in [0.29, 0.717) is 17.8 Å². The molecular weight excluding hydrogens is 330 g/mol. The van der Waals surface area contributed by atoms with Gasteiger partial charge in [-0.15, -0.1) is 0 Å². The monoisotopic (exact) mass is 349 g/mol. The van der Waals surface area contributed by atoms with Crippen LogP contribution in [0.15, 0.2) is 58.3 Å². The molecule has 0 bridgehead atoms. The van der Waals surface area contributed by atoms with E-state index in [1.165, 1.54) is 0 Å². The van der Waals surface area contributed by atoms with Crippen molar-refractivity contribution in [1.29, 1.82) is 0 Å². The molecule has 132 valence electrons. The molecule has 26 heavy (non-hydrogen) atoms. The molecule has 0 saturated carbocycles. The predicted octanol–water partition coefficient (Wildman–Crippen LogP) is 1.79. The van der Waals surface area contributed by atoms with Crippen LogP contribution in [0.5, 0.6) is 0 Å². The van der Waals surface area contributed by atoms with Gasteiger partial charge >= 0.3 is 0 Å². The Bertz CT molecular complexity index is 954. The first kappa shape index (κ1) is 16.5. The molecule has 1 aliphatic heterocycles. The summed E-state index contributed by atoms with van der Waals surface area (Å²) >= 11 is 0. The summed E-state index contributed by atoms with van der Waals surface area (Å²) in [5.41, 5.74) is 2.60. The van der Waals surface area contributed by atoms with Gasteiger partial charge < -0.3 is 15.0 Å². The van der Waals surface area contributed by atoms with Gasteiger partial charge in [-0.25, -0.2) is 0 Å². The van der Waals surface area contributed by atoms with E-state index in [9.17, 15) is 9.59 Å². The maximum atomic E-state index is 12.1. The van der Waals surface area contributed by atoms with Gasteiger partial charge in [0.2, 0.25) is 10.9 Å². The van der Waals surface area contributed by atoms with Crippen LogP contribution in [-0.2, 0) is 11.3 Å². The number of nitrogens with zero attached hydrogens (tertiary/aromatic N) is 2. The Balaban J connectivity index is 1.53. The van der Waals surface area contributed by atoms with E-state index in [0.717, 1.165) is 43.2 Å². The van der Waals surface area contributed by atoms with Crippen LogP contribution in [0.3, 0.4) is 0 Å². The Labute approximate surface area is 150 Å². The van der Waals surface area contributed by atoms with E-state index in [-0.39, 0.29) is 0 Å². The summed E-state index contributed by atoms with van der Waals surface area (Å²) in [7, 11) is 0. The van der Waals surface area contributed by atoms with Crippen molar-refractivity contribution in [3.05, 3.63) is 74.8 Å². The van der Waals surface area contributed by atoms with Crippen LogP contribution in [0.2, 0.25) is 0 Å². The lowest BCUT2D eigenvalue weighted by Gasteiger charge is -2.29. The lowest BCUT2D eigenvalue weighted by molar-refractivity contribution is 0.122. The van der Waals surface area contributed by atoms with Gasteiger partial charge in [0, 0.05) is 25.0 Å². The van der Waals surface area contributed by atoms with Gasteiger partial charge in [-0.3, -0.25) is 14.6 Å². The van der Waals surface area contributed by atoms with Gasteiger partial charge in [0.05, 0.1) is 36.7 Å². The summed E-state index contributed by atoms with van der Waals surface area (Å²) in [6.45, 7) is 3.57. The van der Waals surface area contributed by atoms with Crippen LogP contribution in [-0.4, -0.2) is 31.3 Å². The largest absolute Gasteiger partial charge is 0.378 e. The summed E-state index contributed by atoms with van der Waals surface area (Å²) in [6.07, 6.45) is 1.70. The fourth-order valence-electron chi connectivity index (χ4n) is 3.18. The number of benzene rings is 1. The SMILES string of the molecule is O=c1c(NCc2ccccn2)c(-c2ccc(N3CCOCC3)cc2)c1=O. The molecule has 1 fully saturated rings. The van der Waals surface area contributed by atoms with Gasteiger partial charge in [0.25, 0.3) is 0 Å². The maximum Gasteiger partial charge on any atom is 0.250 e. The number of nitrogens with one attached hydrogen (secondary N) is 1. The molecule has 0 radical (unpaired) electrons. The van der Waals surface area contributed by atoms with E-state index in [1.807, 2.05) is 42.5 Å². The molecule has 0 aliphatic carbocycles. The van der Waals surface area contributed by atoms with Crippen molar-refractivity contribution >= 4 is 11.4 Å². The van der Waals surface area contributed by atoms with Crippen molar-refractivity contribution in [2.75, 3.05) is 36.5 Å². The van der Waals surface area contributed by atoms with Crippen LogP contribution in [0.4, 0.5) is 11.4 Å². The summed E-state index contributed by atoms with van der Waals surface area (Å²) in [5.74, 6) is 0. The number of anilines is 2. The number of ether oxygens (including phenoxy) is 1. The lowest BCUT2D eigenvalue weighted by Crippen LogP contribution is -2.36. The van der Waals surface area contributed by atoms with Gasteiger partial charge in [-0.2, -0.15) is 0 Å². The highest BCUT2D eigenvalue weighted by Gasteiger charge is 2.22. The molecule has 1 aromatic heterocycles. The van der Waals surface area contributed by atoms with E-state index in [1.54, 1.807) is 6.20 Å². The molecule has 0 amide bonds. The molecule has 1 aliphatic rings. The highest BCUT2D eigenvalue weighted by molar-refractivity contribution is 5.82. The minimum absolute atomic E-state index is 0.375. The minimum Gasteiger partial charge on any atom is -0.378 e. The first-order chi connectivity index (χ1) is 12.7. The van der Waals surface area contributed by atoms with Crippen molar-refractivity contribution in [2.45, 2.75) is 6.54 Å². The topological polar surface area (TPSA) is 71.5 Å². The number of aromatic nitrogens is 1. The molecule has 2 heterocycles. The Kier molecular flexibility index (Phi) is 4.50. The first-order valence-electron chi connectivity index (χ1n) is 8.64. The Morgan fingerprint density at radius 3 is 2.46 bits per heavy atom. The Morgan fingerprint density at radius 1 is 1.00 bits per heavy atom. The number of hydrogen-bond donors (Lipinski definition) is 1. The third-order valence-corrected chi connectivity index (χ3v) is 4.61. The lowest BCUT2D eigenvalue weighted by atomic mass is 9.98. The zero-order valence-corrected chi connectivity index (χ0v) is 14.3. The molecule has 6 nitrogen and oxygen atoms in total. The van der Waals surface area contributed by atoms with E-state index < -0.39 is 10.9 Å². The molecule has 0 spiro atoms. The average Bonchev–Trinajstić information content (AvgIpc) is 2.72. The molecule has 0 atom stereocenters. The number of rotatable bonds is 5. The second-order valence-corrected chi connectivity index (χ2v) is 6.23. The van der Waals surface area contributed by atoms with Crippen molar-refractivity contribution < 1.29 is 4.74 Å². The Morgan fingerprint density at radius 2 is 1.77 bits per heavy atom. The van der Waals surface area contributed by atoms with Gasteiger partial charge in [0.1, 0.15) is 0 Å². The van der Waals surface area contributed by atoms with Gasteiger partial charge in [0.15, 0.2) is 0 Å². The van der Waals surface area contributed by atoms with Crippen LogP contribution < -0.4 is 21.1 Å². The fraction of sp³-hybridized carbons (Fsp3) is 0.250. The molecule has 2 aromatic carbocycles. The van der Waals surface area contributed by atoms with Crippen LogP contribution >= 0.6 is 0 Å². The fourth-order valence-corrected chi connectivity index (χ4v) is 3.18. The van der Waals surface area contributed by atoms with Crippen molar-refractivity contribution in [3.8, 4) is 11.1 Å². The van der Waals surface area contributed by atoms with E-state index in [2.05, 4.69) is 15.2 Å². The summed E-state index contributed by atoms with van der Waals surface area (Å²) in [4.78, 5) is 30.5. The van der Waals surface area contributed by atoms with Crippen LogP contribution in [0.1, 0.15) is 5.69 Å². The van der Waals surface area contributed by atoms with Crippen LogP contribution in [0, 0.1) is 0 Å². The average molecular weight is 349 g/mol. The first-order valence-corrected chi connectivity index (χ1v) is 8.64. The third-order valence-electron chi connectivity index (χ3n) is 4.61. The quantitative estimate of drug-likeness (QED) is 0.708. The van der Waals surface area contributed by atoms with Gasteiger partial charge in [-0.1, -0.05) is 18.2 Å². The standard InChI is InChI=1S/C20H19N3O3/c24-19-17(18(20(19)25)22-13-15-3-1-2-8-21-15)14-4-6-16(7-5-14)23-9-11-26-12-10-23/h1-8,22H,9-13H2. The second kappa shape index (κ2) is 7.09. The highest BCUT2D eigenvalue weighted by Crippen LogP contribution is 2.26. The van der Waals surface area contributed by atoms with Crippen molar-refractivity contribution in [2.24, 2.45) is 0 Å². The smallest absolute Gasteiger partial charge is 0.250 e. The summed E-state index contributed by atoms with van der Waals surface area (Å²) in [6, 6.07) is 13.4. The molecule has 3 aromatic rings. The summed E-state index contributed by atoms with van der Waals surface area (Å²) in [5, 5.41) is 3.06. The molecule has 1 N–H and O–H groups in total. The van der Waals surface area contributed by atoms with E-state index >= 15 is 0 Å². The van der Waals surface area contributed by atoms with Crippen LogP contribution in [0.25, 0.3) is 11.1 Å². The maximum absolute atomic E-state index is 12.1. The number of hydrogen-bond acceptors (Lipinski definition) is 6. The minimum atomic E-state index is -0.465. The number of pyridine rings is 1. The zero-order valence-electron chi connectivity index (χ0n) is 14.3. The Hall–Kier alpha value is -2.99. The normalized spacial score (nSPS) is 14.5.